The first-order chi connectivity index (χ1) is 24.8. The maximum absolute atomic E-state index is 4.55. The fraction of sp³-hybridized carbons (Fsp3) is 0.0208. The van der Waals surface area contributed by atoms with E-state index in [4.69, 9.17) is 0 Å². The highest BCUT2D eigenvalue weighted by Gasteiger charge is 2.51. The van der Waals surface area contributed by atoms with Crippen molar-refractivity contribution in [3.05, 3.63) is 217 Å². The van der Waals surface area contributed by atoms with Crippen LogP contribution in [0.5, 0.6) is 0 Å². The first-order valence-electron chi connectivity index (χ1n) is 17.2. The molecule has 1 aromatic heterocycles. The Bertz CT molecular complexity index is 2490. The molecule has 0 atom stereocenters. The Morgan fingerprint density at radius 3 is 1.56 bits per heavy atom. The molecule has 0 amide bonds. The predicted octanol–water partition coefficient (Wildman–Crippen LogP) is 12.2. The van der Waals surface area contributed by atoms with Crippen LogP contribution in [0.3, 0.4) is 0 Å². The molecule has 2 heteroatoms. The van der Waals surface area contributed by atoms with Crippen molar-refractivity contribution < 1.29 is 0 Å². The molecule has 0 saturated heterocycles. The minimum atomic E-state index is -0.455. The molecule has 0 unspecified atom stereocenters. The molecule has 2 aliphatic rings. The quantitative estimate of drug-likeness (QED) is 0.191. The molecule has 8 aromatic rings. The first kappa shape index (κ1) is 28.5. The summed E-state index contributed by atoms with van der Waals surface area (Å²) in [7, 11) is 0. The third kappa shape index (κ3) is 4.12. The lowest BCUT2D eigenvalue weighted by atomic mass is 9.64. The van der Waals surface area contributed by atoms with Gasteiger partial charge >= 0.3 is 0 Å². The van der Waals surface area contributed by atoms with E-state index in [0.717, 1.165) is 16.9 Å². The van der Waals surface area contributed by atoms with Crippen LogP contribution >= 0.6 is 0 Å². The molecule has 50 heavy (non-hydrogen) atoms. The molecule has 7 aromatic carbocycles. The molecular weight excluding hydrogens is 605 g/mol. The minimum Gasteiger partial charge on any atom is -0.310 e. The van der Waals surface area contributed by atoms with Gasteiger partial charge in [0.25, 0.3) is 0 Å². The SMILES string of the molecule is c1ccc(N2c3ccccc3C3(c4ccccc4-c4cc(-c5ccccc5-c5ccc(-c6ccccn6)cc5)ccc43)c3ccccc32)cc1. The third-order valence-electron chi connectivity index (χ3n) is 10.6. The van der Waals surface area contributed by atoms with Gasteiger partial charge in [0.2, 0.25) is 0 Å². The molecule has 1 aliphatic heterocycles. The lowest BCUT2D eigenvalue weighted by molar-refractivity contribution is 0.753. The fourth-order valence-electron chi connectivity index (χ4n) is 8.47. The van der Waals surface area contributed by atoms with Crippen LogP contribution in [0.1, 0.15) is 22.3 Å². The van der Waals surface area contributed by atoms with E-state index in [1.165, 1.54) is 67.0 Å². The van der Waals surface area contributed by atoms with Gasteiger partial charge in [0.05, 0.1) is 22.5 Å². The van der Waals surface area contributed by atoms with E-state index in [1.807, 2.05) is 18.3 Å². The molecule has 0 N–H and O–H groups in total. The summed E-state index contributed by atoms with van der Waals surface area (Å²) in [5.41, 5.74) is 17.9. The van der Waals surface area contributed by atoms with E-state index in [-0.39, 0.29) is 0 Å². The molecule has 2 heterocycles. The average Bonchev–Trinajstić information content (AvgIpc) is 3.49. The van der Waals surface area contributed by atoms with E-state index in [2.05, 4.69) is 186 Å². The monoisotopic (exact) mass is 636 g/mol. The summed E-state index contributed by atoms with van der Waals surface area (Å²) in [4.78, 5) is 6.98. The second kappa shape index (κ2) is 11.3. The van der Waals surface area contributed by atoms with Crippen molar-refractivity contribution in [1.82, 2.24) is 4.98 Å². The number of fused-ring (bicyclic) bond motifs is 9. The Labute approximate surface area is 292 Å². The van der Waals surface area contributed by atoms with Crippen LogP contribution in [0.4, 0.5) is 17.1 Å². The van der Waals surface area contributed by atoms with Crippen LogP contribution in [-0.2, 0) is 5.41 Å². The van der Waals surface area contributed by atoms with Gasteiger partial charge in [-0.3, -0.25) is 4.98 Å². The number of anilines is 3. The van der Waals surface area contributed by atoms with E-state index in [1.54, 1.807) is 0 Å². The van der Waals surface area contributed by atoms with Crippen LogP contribution in [0.2, 0.25) is 0 Å². The molecule has 0 bridgehead atoms. The van der Waals surface area contributed by atoms with Crippen molar-refractivity contribution in [3.63, 3.8) is 0 Å². The molecular formula is C48H32N2. The van der Waals surface area contributed by atoms with Gasteiger partial charge in [0.15, 0.2) is 0 Å². The van der Waals surface area contributed by atoms with Gasteiger partial charge in [0, 0.05) is 17.4 Å². The van der Waals surface area contributed by atoms with Crippen molar-refractivity contribution in [1.29, 1.82) is 0 Å². The number of benzene rings is 7. The zero-order valence-electron chi connectivity index (χ0n) is 27.4. The summed E-state index contributed by atoms with van der Waals surface area (Å²) in [5, 5.41) is 0. The van der Waals surface area contributed by atoms with Crippen LogP contribution in [-0.4, -0.2) is 4.98 Å². The second-order valence-corrected chi connectivity index (χ2v) is 13.1. The van der Waals surface area contributed by atoms with Gasteiger partial charge in [-0.05, 0) is 98.1 Å². The van der Waals surface area contributed by atoms with E-state index < -0.39 is 5.41 Å². The topological polar surface area (TPSA) is 16.1 Å². The Kier molecular flexibility index (Phi) is 6.43. The molecule has 234 valence electrons. The molecule has 0 fully saturated rings. The first-order valence-corrected chi connectivity index (χ1v) is 17.2. The number of hydrogen-bond acceptors (Lipinski definition) is 2. The summed E-state index contributed by atoms with van der Waals surface area (Å²) < 4.78 is 0. The lowest BCUT2D eigenvalue weighted by Gasteiger charge is -2.45. The van der Waals surface area contributed by atoms with Crippen LogP contribution in [0.15, 0.2) is 194 Å². The van der Waals surface area contributed by atoms with Crippen molar-refractivity contribution in [3.8, 4) is 44.6 Å². The number of nitrogens with zero attached hydrogens (tertiary/aromatic N) is 2. The van der Waals surface area contributed by atoms with Gasteiger partial charge in [-0.2, -0.15) is 0 Å². The Morgan fingerprint density at radius 2 is 0.880 bits per heavy atom. The minimum absolute atomic E-state index is 0.455. The summed E-state index contributed by atoms with van der Waals surface area (Å²) in [6.45, 7) is 0. The summed E-state index contributed by atoms with van der Waals surface area (Å²) in [6.07, 6.45) is 1.85. The van der Waals surface area contributed by atoms with Gasteiger partial charge in [0.1, 0.15) is 0 Å². The zero-order chi connectivity index (χ0) is 33.1. The molecule has 10 rings (SSSR count). The summed E-state index contributed by atoms with van der Waals surface area (Å²) in [5.74, 6) is 0. The van der Waals surface area contributed by atoms with Crippen LogP contribution < -0.4 is 4.90 Å². The van der Waals surface area contributed by atoms with Gasteiger partial charge in [-0.25, -0.2) is 0 Å². The van der Waals surface area contributed by atoms with Crippen molar-refractivity contribution in [2.24, 2.45) is 0 Å². The van der Waals surface area contributed by atoms with E-state index >= 15 is 0 Å². The largest absolute Gasteiger partial charge is 0.310 e. The highest BCUT2D eigenvalue weighted by Crippen LogP contribution is 2.63. The van der Waals surface area contributed by atoms with E-state index in [0.29, 0.717) is 0 Å². The summed E-state index contributed by atoms with van der Waals surface area (Å²) in [6, 6.07) is 68.5. The number of aromatic nitrogens is 1. The standard InChI is InChI=1S/C48H32N2/c1-2-14-36(15-3-1)50-46-23-10-8-20-43(46)48(44-21-9-11-24-47(44)50)41-19-7-6-18-39(41)40-32-35(29-30-42(40)48)38-17-5-4-16-37(38)33-25-27-34(28-26-33)45-22-12-13-31-49-45/h1-32H. The Balaban J connectivity index is 1.17. The predicted molar refractivity (Wildman–Crippen MR) is 206 cm³/mol. The maximum atomic E-state index is 4.55. The maximum Gasteiger partial charge on any atom is 0.0754 e. The highest BCUT2D eigenvalue weighted by atomic mass is 15.2. The smallest absolute Gasteiger partial charge is 0.0754 e. The number of rotatable bonds is 4. The molecule has 1 aliphatic carbocycles. The van der Waals surface area contributed by atoms with Crippen LogP contribution in [0.25, 0.3) is 44.6 Å². The van der Waals surface area contributed by atoms with Crippen LogP contribution in [0, 0.1) is 0 Å². The Morgan fingerprint density at radius 1 is 0.360 bits per heavy atom. The van der Waals surface area contributed by atoms with Gasteiger partial charge < -0.3 is 4.90 Å². The molecule has 1 spiro atoms. The van der Waals surface area contributed by atoms with Crippen molar-refractivity contribution in [2.45, 2.75) is 5.41 Å². The molecule has 0 radical (unpaired) electrons. The molecule has 0 saturated carbocycles. The zero-order valence-corrected chi connectivity index (χ0v) is 27.4. The second-order valence-electron chi connectivity index (χ2n) is 13.1. The Hall–Kier alpha value is -6.51. The van der Waals surface area contributed by atoms with Crippen molar-refractivity contribution in [2.75, 3.05) is 4.90 Å². The number of pyridine rings is 1. The number of hydrogen-bond donors (Lipinski definition) is 0. The van der Waals surface area contributed by atoms with Crippen molar-refractivity contribution >= 4 is 17.1 Å². The third-order valence-corrected chi connectivity index (χ3v) is 10.6. The number of para-hydroxylation sites is 3. The lowest BCUT2D eigenvalue weighted by Crippen LogP contribution is -2.36. The fourth-order valence-corrected chi connectivity index (χ4v) is 8.47. The van der Waals surface area contributed by atoms with Gasteiger partial charge in [-0.15, -0.1) is 0 Å². The normalized spacial score (nSPS) is 13.3. The van der Waals surface area contributed by atoms with Gasteiger partial charge in [-0.1, -0.05) is 146 Å². The molecule has 2 nitrogen and oxygen atoms in total. The summed E-state index contributed by atoms with van der Waals surface area (Å²) >= 11 is 0. The average molecular weight is 637 g/mol. The van der Waals surface area contributed by atoms with E-state index in [9.17, 15) is 0 Å². The highest BCUT2D eigenvalue weighted by molar-refractivity contribution is 5.97.